The van der Waals surface area contributed by atoms with Gasteiger partial charge in [0.25, 0.3) is 0 Å². The van der Waals surface area contributed by atoms with Crippen LogP contribution in [0.25, 0.3) is 0 Å². The maximum Gasteiger partial charge on any atom is 0.0580 e. The highest BCUT2D eigenvalue weighted by Crippen LogP contribution is 2.34. The molecule has 1 heterocycles. The summed E-state index contributed by atoms with van der Waals surface area (Å²) in [4.78, 5) is 1.46. The summed E-state index contributed by atoms with van der Waals surface area (Å²) in [5.74, 6) is 0.849. The maximum absolute atomic E-state index is 5.62. The average molecular weight is 332 g/mol. The molecule has 0 bridgehead atoms. The van der Waals surface area contributed by atoms with E-state index in [0.717, 1.165) is 18.9 Å². The van der Waals surface area contributed by atoms with E-state index in [1.807, 2.05) is 11.3 Å². The molecule has 0 aromatic carbocycles. The second kappa shape index (κ2) is 7.04. The number of hydrogen-bond acceptors (Lipinski definition) is 3. The zero-order valence-electron chi connectivity index (χ0n) is 11.1. The predicted molar refractivity (Wildman–Crippen MR) is 81.3 cm³/mol. The minimum atomic E-state index is 0.536. The standard InChI is InChI=1S/C14H22BrNOS/c1-3-17-13-5-10(6-13)4-12(16-2)8-14-7-11(15)9-18-14/h7,9-10,12-13,16H,3-6,8H2,1-2H3. The summed E-state index contributed by atoms with van der Waals surface area (Å²) in [5, 5.41) is 5.62. The Morgan fingerprint density at radius 3 is 2.89 bits per heavy atom. The third-order valence-corrected chi connectivity index (χ3v) is 5.41. The van der Waals surface area contributed by atoms with E-state index in [9.17, 15) is 0 Å². The molecule has 1 aromatic rings. The molecule has 1 atom stereocenters. The molecule has 1 N–H and O–H groups in total. The van der Waals surface area contributed by atoms with Gasteiger partial charge in [-0.05, 0) is 67.6 Å². The fourth-order valence-electron chi connectivity index (χ4n) is 2.65. The first-order valence-corrected chi connectivity index (χ1v) is 8.40. The summed E-state index contributed by atoms with van der Waals surface area (Å²) in [7, 11) is 2.08. The number of ether oxygens (including phenoxy) is 1. The average Bonchev–Trinajstić information content (AvgIpc) is 2.70. The summed E-state index contributed by atoms with van der Waals surface area (Å²) in [5.41, 5.74) is 0. The highest BCUT2D eigenvalue weighted by molar-refractivity contribution is 9.10. The summed E-state index contributed by atoms with van der Waals surface area (Å²) in [6.07, 6.45) is 5.45. The van der Waals surface area contributed by atoms with Crippen molar-refractivity contribution in [1.29, 1.82) is 0 Å². The molecule has 1 saturated carbocycles. The molecule has 2 rings (SSSR count). The molecule has 102 valence electrons. The molecule has 1 fully saturated rings. The van der Waals surface area contributed by atoms with Crippen molar-refractivity contribution in [3.63, 3.8) is 0 Å². The summed E-state index contributed by atoms with van der Waals surface area (Å²) in [6.45, 7) is 2.94. The van der Waals surface area contributed by atoms with E-state index >= 15 is 0 Å². The molecule has 0 saturated heterocycles. The molecule has 4 heteroatoms. The van der Waals surface area contributed by atoms with E-state index in [1.165, 1.54) is 28.6 Å². The molecule has 0 aliphatic heterocycles. The Kier molecular flexibility index (Phi) is 5.67. The molecule has 0 spiro atoms. The monoisotopic (exact) mass is 331 g/mol. The van der Waals surface area contributed by atoms with Crippen molar-refractivity contribution in [3.8, 4) is 0 Å². The van der Waals surface area contributed by atoms with Gasteiger partial charge in [0, 0.05) is 27.4 Å². The molecule has 0 amide bonds. The maximum atomic E-state index is 5.62. The van der Waals surface area contributed by atoms with Crippen LogP contribution in [0.15, 0.2) is 15.9 Å². The number of nitrogens with one attached hydrogen (secondary N) is 1. The summed E-state index contributed by atoms with van der Waals surface area (Å²) < 4.78 is 6.83. The van der Waals surface area contributed by atoms with Gasteiger partial charge in [-0.3, -0.25) is 0 Å². The molecular weight excluding hydrogens is 310 g/mol. The number of rotatable bonds is 7. The third kappa shape index (κ3) is 4.05. The van der Waals surface area contributed by atoms with Crippen LogP contribution in [0.5, 0.6) is 0 Å². The lowest BCUT2D eigenvalue weighted by Crippen LogP contribution is -2.37. The SMILES string of the molecule is CCOC1CC(CC(Cc2cc(Br)cs2)NC)C1. The van der Waals surface area contributed by atoms with Gasteiger partial charge in [-0.15, -0.1) is 11.3 Å². The van der Waals surface area contributed by atoms with E-state index in [4.69, 9.17) is 4.74 Å². The van der Waals surface area contributed by atoms with Gasteiger partial charge in [0.2, 0.25) is 0 Å². The van der Waals surface area contributed by atoms with Gasteiger partial charge in [-0.1, -0.05) is 0 Å². The van der Waals surface area contributed by atoms with Gasteiger partial charge >= 0.3 is 0 Å². The molecule has 1 unspecified atom stereocenters. The first kappa shape index (κ1) is 14.5. The number of hydrogen-bond donors (Lipinski definition) is 1. The fourth-order valence-corrected chi connectivity index (χ4v) is 4.18. The lowest BCUT2D eigenvalue weighted by molar-refractivity contribution is -0.0288. The molecule has 1 aromatic heterocycles. The van der Waals surface area contributed by atoms with Crippen LogP contribution in [0, 0.1) is 5.92 Å². The van der Waals surface area contributed by atoms with Crippen molar-refractivity contribution in [3.05, 3.63) is 20.8 Å². The van der Waals surface area contributed by atoms with Crippen molar-refractivity contribution in [2.45, 2.75) is 44.8 Å². The van der Waals surface area contributed by atoms with Crippen LogP contribution in [0.1, 0.15) is 31.1 Å². The molecular formula is C14H22BrNOS. The fraction of sp³-hybridized carbons (Fsp3) is 0.714. The smallest absolute Gasteiger partial charge is 0.0580 e. The second-order valence-electron chi connectivity index (χ2n) is 5.07. The Morgan fingerprint density at radius 1 is 1.56 bits per heavy atom. The zero-order chi connectivity index (χ0) is 13.0. The molecule has 0 radical (unpaired) electrons. The van der Waals surface area contributed by atoms with Gasteiger partial charge in [-0.2, -0.15) is 0 Å². The molecule has 1 aliphatic rings. The van der Waals surface area contributed by atoms with E-state index in [1.54, 1.807) is 0 Å². The van der Waals surface area contributed by atoms with Gasteiger partial charge in [0.05, 0.1) is 6.10 Å². The van der Waals surface area contributed by atoms with E-state index in [2.05, 4.69) is 46.7 Å². The van der Waals surface area contributed by atoms with E-state index in [0.29, 0.717) is 12.1 Å². The number of thiophene rings is 1. The first-order chi connectivity index (χ1) is 8.71. The third-order valence-electron chi connectivity index (χ3n) is 3.69. The van der Waals surface area contributed by atoms with E-state index in [-0.39, 0.29) is 0 Å². The van der Waals surface area contributed by atoms with Gasteiger partial charge in [-0.25, -0.2) is 0 Å². The van der Waals surface area contributed by atoms with Crippen molar-refractivity contribution >= 4 is 27.3 Å². The largest absolute Gasteiger partial charge is 0.378 e. The minimum Gasteiger partial charge on any atom is -0.378 e. The highest BCUT2D eigenvalue weighted by Gasteiger charge is 2.31. The Hall–Kier alpha value is 0.1000. The number of halogens is 1. The van der Waals surface area contributed by atoms with Gasteiger partial charge in [0.15, 0.2) is 0 Å². The van der Waals surface area contributed by atoms with Gasteiger partial charge < -0.3 is 10.1 Å². The van der Waals surface area contributed by atoms with Crippen molar-refractivity contribution < 1.29 is 4.74 Å². The zero-order valence-corrected chi connectivity index (χ0v) is 13.5. The second-order valence-corrected chi connectivity index (χ2v) is 6.98. The van der Waals surface area contributed by atoms with Crippen molar-refractivity contribution in [2.75, 3.05) is 13.7 Å². The van der Waals surface area contributed by atoms with Crippen molar-refractivity contribution in [1.82, 2.24) is 5.32 Å². The molecule has 18 heavy (non-hydrogen) atoms. The quantitative estimate of drug-likeness (QED) is 0.819. The Balaban J connectivity index is 1.73. The Morgan fingerprint density at radius 2 is 2.33 bits per heavy atom. The minimum absolute atomic E-state index is 0.536. The highest BCUT2D eigenvalue weighted by atomic mass is 79.9. The van der Waals surface area contributed by atoms with Crippen LogP contribution >= 0.6 is 27.3 Å². The van der Waals surface area contributed by atoms with Crippen LogP contribution in [0.2, 0.25) is 0 Å². The van der Waals surface area contributed by atoms with Crippen LogP contribution < -0.4 is 5.32 Å². The predicted octanol–water partition coefficient (Wildman–Crippen LogP) is 3.85. The molecule has 2 nitrogen and oxygen atoms in total. The molecule has 1 aliphatic carbocycles. The lowest BCUT2D eigenvalue weighted by atomic mass is 9.77. The lowest BCUT2D eigenvalue weighted by Gasteiger charge is -2.37. The van der Waals surface area contributed by atoms with Crippen LogP contribution in [-0.4, -0.2) is 25.8 Å². The van der Waals surface area contributed by atoms with Crippen LogP contribution in [0.3, 0.4) is 0 Å². The Labute approximate surface area is 122 Å². The summed E-state index contributed by atoms with van der Waals surface area (Å²) >= 11 is 5.36. The topological polar surface area (TPSA) is 21.3 Å². The Bertz CT molecular complexity index is 362. The van der Waals surface area contributed by atoms with Gasteiger partial charge in [0.1, 0.15) is 0 Å². The van der Waals surface area contributed by atoms with Crippen LogP contribution in [0.4, 0.5) is 0 Å². The number of likely N-dealkylation sites (N-methyl/N-ethyl adjacent to an activating group) is 1. The summed E-state index contributed by atoms with van der Waals surface area (Å²) in [6, 6.07) is 2.84. The van der Waals surface area contributed by atoms with Crippen molar-refractivity contribution in [2.24, 2.45) is 5.92 Å². The van der Waals surface area contributed by atoms with E-state index < -0.39 is 0 Å². The normalized spacial score (nSPS) is 24.8. The first-order valence-electron chi connectivity index (χ1n) is 6.73. The van der Waals surface area contributed by atoms with Crippen LogP contribution in [-0.2, 0) is 11.2 Å².